The number of halogens is 2. The van der Waals surface area contributed by atoms with Crippen LogP contribution in [0.1, 0.15) is 71.2 Å². The summed E-state index contributed by atoms with van der Waals surface area (Å²) in [5, 5.41) is 0.749. The highest BCUT2D eigenvalue weighted by Crippen LogP contribution is 2.37. The lowest BCUT2D eigenvalue weighted by Gasteiger charge is -2.45. The third-order valence-electron chi connectivity index (χ3n) is 7.92. The van der Waals surface area contributed by atoms with E-state index >= 15 is 4.39 Å². The highest BCUT2D eigenvalue weighted by atomic mass is 35.5. The Morgan fingerprint density at radius 3 is 2.36 bits per heavy atom. The Labute approximate surface area is 268 Å². The number of benzene rings is 1. The van der Waals surface area contributed by atoms with Crippen molar-refractivity contribution in [2.24, 2.45) is 0 Å². The summed E-state index contributed by atoms with van der Waals surface area (Å²) in [6, 6.07) is 7.84. The van der Waals surface area contributed by atoms with Crippen molar-refractivity contribution in [1.29, 1.82) is 0 Å². The number of fused-ring (bicyclic) bond motifs is 1. The molecule has 4 aromatic rings. The molecule has 2 atom stereocenters. The molecule has 1 saturated heterocycles. The number of rotatable bonds is 4. The first kappa shape index (κ1) is 32.3. The van der Waals surface area contributed by atoms with E-state index < -0.39 is 23.2 Å². The van der Waals surface area contributed by atoms with Crippen LogP contribution in [0.4, 0.5) is 15.0 Å². The van der Waals surface area contributed by atoms with Gasteiger partial charge in [-0.15, -0.1) is 0 Å². The van der Waals surface area contributed by atoms with Gasteiger partial charge in [-0.25, -0.2) is 23.5 Å². The number of hydrogen-bond acceptors (Lipinski definition) is 7. The third-order valence-corrected chi connectivity index (χ3v) is 8.21. The standard InChI is InChI=1S/C34H40ClFN6O3/c1-18(2)27-29(20(4)12-13-37-27)42-30-24(15-25(35)28(38-30)23-14-19(3)10-11-26(23)36)31(39-32(42)43)41-21(5)16-40(17-22(41)6)33(44)45-34(7,8)9/h10-15,18,21-22H,16-17H2,1-9H3/t21-,22-/m0/s1. The van der Waals surface area contributed by atoms with Crippen LogP contribution in [0.2, 0.25) is 5.02 Å². The number of piperazine rings is 1. The first-order chi connectivity index (χ1) is 21.1. The highest BCUT2D eigenvalue weighted by molar-refractivity contribution is 6.33. The summed E-state index contributed by atoms with van der Waals surface area (Å²) in [5.74, 6) is -0.0876. The van der Waals surface area contributed by atoms with Crippen LogP contribution in [0.15, 0.2) is 41.3 Å². The number of anilines is 1. The lowest BCUT2D eigenvalue weighted by atomic mass is 10.0. The average Bonchev–Trinajstić information content (AvgIpc) is 2.93. The molecule has 0 unspecified atom stereocenters. The van der Waals surface area contributed by atoms with Gasteiger partial charge in [-0.3, -0.25) is 4.98 Å². The smallest absolute Gasteiger partial charge is 0.410 e. The molecule has 11 heteroatoms. The lowest BCUT2D eigenvalue weighted by Crippen LogP contribution is -2.59. The van der Waals surface area contributed by atoms with Gasteiger partial charge in [0.15, 0.2) is 5.65 Å². The molecule has 3 aromatic heterocycles. The van der Waals surface area contributed by atoms with Crippen LogP contribution >= 0.6 is 11.6 Å². The number of carbonyl (C=O) groups excluding carboxylic acids is 1. The van der Waals surface area contributed by atoms with Gasteiger partial charge in [0.1, 0.15) is 17.2 Å². The molecule has 0 radical (unpaired) electrons. The number of aromatic nitrogens is 4. The van der Waals surface area contributed by atoms with Crippen LogP contribution in [0.3, 0.4) is 0 Å². The van der Waals surface area contributed by atoms with Gasteiger partial charge in [0, 0.05) is 36.9 Å². The SMILES string of the molecule is Cc1ccc(F)c(-c2nc3c(cc2Cl)c(N2[C@@H](C)CN(C(=O)OC(C)(C)C)C[C@@H]2C)nc(=O)n3-c2c(C)ccnc2C(C)C)c1. The number of pyridine rings is 2. The molecule has 9 nitrogen and oxygen atoms in total. The zero-order valence-electron chi connectivity index (χ0n) is 27.3. The Morgan fingerprint density at radius 1 is 1.07 bits per heavy atom. The van der Waals surface area contributed by atoms with Crippen LogP contribution in [-0.2, 0) is 4.74 Å². The van der Waals surface area contributed by atoms with E-state index in [1.54, 1.807) is 29.3 Å². The lowest BCUT2D eigenvalue weighted by molar-refractivity contribution is 0.0192. The minimum absolute atomic E-state index is 0.0107. The second kappa shape index (κ2) is 12.0. The predicted octanol–water partition coefficient (Wildman–Crippen LogP) is 7.21. The van der Waals surface area contributed by atoms with Gasteiger partial charge >= 0.3 is 11.8 Å². The Kier molecular flexibility index (Phi) is 8.65. The molecule has 5 rings (SSSR count). The summed E-state index contributed by atoms with van der Waals surface area (Å²) in [4.78, 5) is 45.0. The van der Waals surface area contributed by atoms with E-state index in [1.165, 1.54) is 10.6 Å². The summed E-state index contributed by atoms with van der Waals surface area (Å²) >= 11 is 6.88. The Bertz CT molecular complexity index is 1840. The topological polar surface area (TPSA) is 93.5 Å². The molecule has 0 bridgehead atoms. The van der Waals surface area contributed by atoms with E-state index in [0.29, 0.717) is 35.7 Å². The summed E-state index contributed by atoms with van der Waals surface area (Å²) < 4.78 is 22.3. The van der Waals surface area contributed by atoms with Crippen molar-refractivity contribution in [1.82, 2.24) is 24.4 Å². The molecule has 0 spiro atoms. The third kappa shape index (κ3) is 6.25. The fourth-order valence-electron chi connectivity index (χ4n) is 6.01. The maximum Gasteiger partial charge on any atom is 0.410 e. The molecule has 0 N–H and O–H groups in total. The van der Waals surface area contributed by atoms with Crippen molar-refractivity contribution in [2.45, 2.75) is 85.9 Å². The summed E-state index contributed by atoms with van der Waals surface area (Å²) in [7, 11) is 0. The van der Waals surface area contributed by atoms with Gasteiger partial charge in [-0.2, -0.15) is 4.98 Å². The molecular weight excluding hydrogens is 595 g/mol. The molecule has 0 aliphatic carbocycles. The molecule has 1 aliphatic rings. The quantitative estimate of drug-likeness (QED) is 0.234. The van der Waals surface area contributed by atoms with Gasteiger partial charge in [-0.1, -0.05) is 37.1 Å². The average molecular weight is 635 g/mol. The molecule has 1 amide bonds. The van der Waals surface area contributed by atoms with Gasteiger partial charge in [0.2, 0.25) is 0 Å². The van der Waals surface area contributed by atoms with Gasteiger partial charge in [0.05, 0.1) is 27.5 Å². The first-order valence-electron chi connectivity index (χ1n) is 15.2. The molecule has 45 heavy (non-hydrogen) atoms. The van der Waals surface area contributed by atoms with Crippen molar-refractivity contribution in [2.75, 3.05) is 18.0 Å². The molecule has 1 fully saturated rings. The first-order valence-corrected chi connectivity index (χ1v) is 15.6. The Balaban J connectivity index is 1.76. The fraction of sp³-hybridized carbons (Fsp3) is 0.441. The number of nitrogens with zero attached hydrogens (tertiary/aromatic N) is 6. The minimum atomic E-state index is -0.626. The summed E-state index contributed by atoms with van der Waals surface area (Å²) in [6.45, 7) is 18.0. The maximum atomic E-state index is 15.2. The normalized spacial score (nSPS) is 17.3. The number of ether oxygens (including phenoxy) is 1. The van der Waals surface area contributed by atoms with E-state index in [-0.39, 0.29) is 39.9 Å². The maximum absolute atomic E-state index is 15.2. The molecular formula is C34H40ClFN6O3. The number of carbonyl (C=O) groups is 1. The van der Waals surface area contributed by atoms with Crippen molar-refractivity contribution < 1.29 is 13.9 Å². The van der Waals surface area contributed by atoms with Crippen LogP contribution < -0.4 is 10.6 Å². The largest absolute Gasteiger partial charge is 0.444 e. The van der Waals surface area contributed by atoms with Gasteiger partial charge < -0.3 is 14.5 Å². The molecule has 0 saturated carbocycles. The Hall–Kier alpha value is -4.05. The predicted molar refractivity (Wildman–Crippen MR) is 176 cm³/mol. The number of hydrogen-bond donors (Lipinski definition) is 0. The fourth-order valence-corrected chi connectivity index (χ4v) is 6.27. The molecule has 4 heterocycles. The van der Waals surface area contributed by atoms with E-state index in [2.05, 4.69) is 9.97 Å². The molecule has 1 aliphatic heterocycles. The highest BCUT2D eigenvalue weighted by Gasteiger charge is 2.36. The van der Waals surface area contributed by atoms with E-state index in [4.69, 9.17) is 21.3 Å². The second-order valence-corrected chi connectivity index (χ2v) is 13.6. The van der Waals surface area contributed by atoms with E-state index in [1.807, 2.05) is 73.3 Å². The van der Waals surface area contributed by atoms with Gasteiger partial charge in [0.25, 0.3) is 0 Å². The van der Waals surface area contributed by atoms with E-state index in [9.17, 15) is 9.59 Å². The second-order valence-electron chi connectivity index (χ2n) is 13.2. The van der Waals surface area contributed by atoms with Gasteiger partial charge in [-0.05, 0) is 84.2 Å². The molecule has 238 valence electrons. The Morgan fingerprint density at radius 2 is 1.73 bits per heavy atom. The zero-order valence-corrected chi connectivity index (χ0v) is 28.0. The van der Waals surface area contributed by atoms with Crippen LogP contribution in [-0.4, -0.2) is 61.3 Å². The monoisotopic (exact) mass is 634 g/mol. The van der Waals surface area contributed by atoms with Crippen molar-refractivity contribution in [3.05, 3.63) is 74.7 Å². The number of amides is 1. The van der Waals surface area contributed by atoms with Crippen LogP contribution in [0, 0.1) is 19.7 Å². The summed E-state index contributed by atoms with van der Waals surface area (Å²) in [5.41, 5.74) is 2.53. The van der Waals surface area contributed by atoms with Crippen LogP contribution in [0.25, 0.3) is 28.0 Å². The number of aryl methyl sites for hydroxylation is 2. The van der Waals surface area contributed by atoms with Crippen molar-refractivity contribution in [3.63, 3.8) is 0 Å². The zero-order chi connectivity index (χ0) is 33.0. The minimum Gasteiger partial charge on any atom is -0.444 e. The van der Waals surface area contributed by atoms with Crippen molar-refractivity contribution >= 4 is 34.5 Å². The van der Waals surface area contributed by atoms with Crippen LogP contribution in [0.5, 0.6) is 0 Å². The van der Waals surface area contributed by atoms with E-state index in [0.717, 1.165) is 11.1 Å². The summed E-state index contributed by atoms with van der Waals surface area (Å²) in [6.07, 6.45) is 1.33. The van der Waals surface area contributed by atoms with Crippen molar-refractivity contribution in [3.8, 4) is 16.9 Å². The molecule has 1 aromatic carbocycles.